The third-order valence-electron chi connectivity index (χ3n) is 5.40. The zero-order valence-electron chi connectivity index (χ0n) is 17.0. The van der Waals surface area contributed by atoms with Crippen molar-refractivity contribution in [3.05, 3.63) is 63.7 Å². The highest BCUT2D eigenvalue weighted by Crippen LogP contribution is 2.27. The van der Waals surface area contributed by atoms with Crippen LogP contribution in [0.15, 0.2) is 41.3 Å². The minimum atomic E-state index is -3.61. The molecule has 2 aromatic carbocycles. The van der Waals surface area contributed by atoms with Crippen molar-refractivity contribution in [3.63, 3.8) is 0 Å². The van der Waals surface area contributed by atoms with Gasteiger partial charge in [0.1, 0.15) is 0 Å². The summed E-state index contributed by atoms with van der Waals surface area (Å²) in [5.41, 5.74) is 3.49. The molecule has 0 radical (unpaired) electrons. The summed E-state index contributed by atoms with van der Waals surface area (Å²) in [6.07, 6.45) is 2.42. The van der Waals surface area contributed by atoms with E-state index in [-0.39, 0.29) is 27.4 Å². The number of amides is 1. The predicted octanol–water partition coefficient (Wildman–Crippen LogP) is 4.62. The molecule has 2 aromatic rings. The Balaban J connectivity index is 1.88. The molecule has 0 bridgehead atoms. The topological polar surface area (TPSA) is 66.5 Å². The van der Waals surface area contributed by atoms with Gasteiger partial charge in [0.25, 0.3) is 5.91 Å². The number of nitrogens with one attached hydrogen (secondary N) is 1. The lowest BCUT2D eigenvalue weighted by Crippen LogP contribution is -2.30. The number of halogens is 1. The Morgan fingerprint density at radius 3 is 2.45 bits per heavy atom. The molecule has 1 amide bonds. The molecule has 1 heterocycles. The van der Waals surface area contributed by atoms with Crippen molar-refractivity contribution < 1.29 is 13.2 Å². The number of carbonyl (C=O) groups excluding carboxylic acids is 1. The molecule has 0 aliphatic carbocycles. The summed E-state index contributed by atoms with van der Waals surface area (Å²) < 4.78 is 27.2. The maximum atomic E-state index is 13.0. The Labute approximate surface area is 178 Å². The minimum absolute atomic E-state index is 0.105. The second-order valence-corrected chi connectivity index (χ2v) is 9.89. The number of nitrogens with zero attached hydrogens (tertiary/aromatic N) is 1. The van der Waals surface area contributed by atoms with E-state index >= 15 is 0 Å². The highest BCUT2D eigenvalue weighted by atomic mass is 35.5. The van der Waals surface area contributed by atoms with Crippen molar-refractivity contribution >= 4 is 27.5 Å². The van der Waals surface area contributed by atoms with Gasteiger partial charge in [-0.1, -0.05) is 42.3 Å². The summed E-state index contributed by atoms with van der Waals surface area (Å²) in [5, 5.41) is 3.25. The van der Waals surface area contributed by atoms with Gasteiger partial charge in [-0.25, -0.2) is 8.42 Å². The number of carbonyl (C=O) groups is 1. The van der Waals surface area contributed by atoms with E-state index in [1.54, 1.807) is 0 Å². The molecule has 1 atom stereocenters. The van der Waals surface area contributed by atoms with Gasteiger partial charge in [0.15, 0.2) is 0 Å². The van der Waals surface area contributed by atoms with Crippen LogP contribution in [-0.4, -0.2) is 31.7 Å². The lowest BCUT2D eigenvalue weighted by molar-refractivity contribution is 0.0935. The van der Waals surface area contributed by atoms with Gasteiger partial charge in [0.05, 0.1) is 21.5 Å². The van der Waals surface area contributed by atoms with Crippen LogP contribution in [0.2, 0.25) is 5.02 Å². The molecule has 0 spiro atoms. The van der Waals surface area contributed by atoms with Crippen LogP contribution in [0.1, 0.15) is 59.3 Å². The minimum Gasteiger partial charge on any atom is -0.345 e. The lowest BCUT2D eigenvalue weighted by atomic mass is 9.97. The standard InChI is InChI=1S/C22H27ClN2O3S/c1-4-21(18-9-7-15(2)13-16(18)3)24-22(26)19-14-17(8-10-20(19)23)29(27,28)25-11-5-6-12-25/h7-10,13-14,21H,4-6,11-12H2,1-3H3,(H,24,26)/t21-/m1/s1. The molecule has 1 N–H and O–H groups in total. The van der Waals surface area contributed by atoms with Crippen LogP contribution in [0.3, 0.4) is 0 Å². The van der Waals surface area contributed by atoms with E-state index in [4.69, 9.17) is 11.6 Å². The Hall–Kier alpha value is -1.89. The lowest BCUT2D eigenvalue weighted by Gasteiger charge is -2.21. The molecule has 1 fully saturated rings. The quantitative estimate of drug-likeness (QED) is 0.721. The van der Waals surface area contributed by atoms with Gasteiger partial charge < -0.3 is 5.32 Å². The van der Waals surface area contributed by atoms with E-state index in [9.17, 15) is 13.2 Å². The molecular formula is C22H27ClN2O3S. The Morgan fingerprint density at radius 1 is 1.14 bits per heavy atom. The fraction of sp³-hybridized carbons (Fsp3) is 0.409. The molecule has 1 saturated heterocycles. The van der Waals surface area contributed by atoms with Crippen molar-refractivity contribution in [2.45, 2.75) is 51.0 Å². The highest BCUT2D eigenvalue weighted by Gasteiger charge is 2.28. The zero-order chi connectivity index (χ0) is 21.2. The maximum Gasteiger partial charge on any atom is 0.253 e. The number of sulfonamides is 1. The fourth-order valence-corrected chi connectivity index (χ4v) is 5.52. The SMILES string of the molecule is CC[C@@H](NC(=O)c1cc(S(=O)(=O)N2CCCC2)ccc1Cl)c1ccc(C)cc1C. The second-order valence-electron chi connectivity index (χ2n) is 7.55. The third-order valence-corrected chi connectivity index (χ3v) is 7.62. The first-order valence-corrected chi connectivity index (χ1v) is 11.7. The summed E-state index contributed by atoms with van der Waals surface area (Å²) in [4.78, 5) is 13.1. The van der Waals surface area contributed by atoms with Gasteiger partial charge in [0.2, 0.25) is 10.0 Å². The Bertz CT molecular complexity index is 1010. The van der Waals surface area contributed by atoms with E-state index in [0.717, 1.165) is 29.5 Å². The van der Waals surface area contributed by atoms with Crippen LogP contribution in [0, 0.1) is 13.8 Å². The maximum absolute atomic E-state index is 13.0. The van der Waals surface area contributed by atoms with E-state index < -0.39 is 10.0 Å². The van der Waals surface area contributed by atoms with Crippen molar-refractivity contribution in [3.8, 4) is 0 Å². The largest absolute Gasteiger partial charge is 0.345 e. The summed E-state index contributed by atoms with van der Waals surface area (Å²) in [5.74, 6) is -0.375. The Kier molecular flexibility index (Phi) is 6.66. The first-order valence-electron chi connectivity index (χ1n) is 9.91. The number of rotatable bonds is 6. The summed E-state index contributed by atoms with van der Waals surface area (Å²) >= 11 is 6.26. The molecule has 156 valence electrons. The monoisotopic (exact) mass is 434 g/mol. The van der Waals surface area contributed by atoms with Crippen molar-refractivity contribution in [2.24, 2.45) is 0 Å². The molecule has 0 aromatic heterocycles. The highest BCUT2D eigenvalue weighted by molar-refractivity contribution is 7.89. The van der Waals surface area contributed by atoms with Gasteiger partial charge in [-0.3, -0.25) is 4.79 Å². The fourth-order valence-electron chi connectivity index (χ4n) is 3.77. The van der Waals surface area contributed by atoms with Crippen molar-refractivity contribution in [2.75, 3.05) is 13.1 Å². The van der Waals surface area contributed by atoms with E-state index in [2.05, 4.69) is 11.4 Å². The third kappa shape index (κ3) is 4.65. The smallest absolute Gasteiger partial charge is 0.253 e. The summed E-state index contributed by atoms with van der Waals surface area (Å²) in [6.45, 7) is 7.07. The van der Waals surface area contributed by atoms with Crippen LogP contribution in [0.25, 0.3) is 0 Å². The molecule has 0 unspecified atom stereocenters. The van der Waals surface area contributed by atoms with Crippen LogP contribution < -0.4 is 5.32 Å². The van der Waals surface area contributed by atoms with E-state index in [1.165, 1.54) is 22.5 Å². The Morgan fingerprint density at radius 2 is 1.83 bits per heavy atom. The van der Waals surface area contributed by atoms with Crippen LogP contribution in [-0.2, 0) is 10.0 Å². The molecule has 5 nitrogen and oxygen atoms in total. The molecular weight excluding hydrogens is 408 g/mol. The average molecular weight is 435 g/mol. The zero-order valence-corrected chi connectivity index (χ0v) is 18.6. The van der Waals surface area contributed by atoms with Gasteiger partial charge in [-0.15, -0.1) is 0 Å². The first kappa shape index (κ1) is 21.8. The van der Waals surface area contributed by atoms with Gasteiger partial charge >= 0.3 is 0 Å². The first-order chi connectivity index (χ1) is 13.7. The van der Waals surface area contributed by atoms with Gasteiger partial charge in [-0.2, -0.15) is 4.31 Å². The molecule has 29 heavy (non-hydrogen) atoms. The molecule has 3 rings (SSSR count). The molecule has 1 aliphatic heterocycles. The molecule has 0 saturated carbocycles. The normalized spacial score (nSPS) is 16.0. The van der Waals surface area contributed by atoms with Crippen LogP contribution in [0.5, 0.6) is 0 Å². The number of benzene rings is 2. The predicted molar refractivity (Wildman–Crippen MR) is 116 cm³/mol. The molecule has 7 heteroatoms. The number of hydrogen-bond donors (Lipinski definition) is 1. The van der Waals surface area contributed by atoms with Crippen LogP contribution >= 0.6 is 11.6 Å². The van der Waals surface area contributed by atoms with Gasteiger partial charge in [0, 0.05) is 13.1 Å². The van der Waals surface area contributed by atoms with Gasteiger partial charge in [-0.05, 0) is 62.4 Å². The molecule has 1 aliphatic rings. The van der Waals surface area contributed by atoms with E-state index in [0.29, 0.717) is 19.5 Å². The van der Waals surface area contributed by atoms with Crippen LogP contribution in [0.4, 0.5) is 0 Å². The van der Waals surface area contributed by atoms with Crippen molar-refractivity contribution in [1.29, 1.82) is 0 Å². The summed E-state index contributed by atoms with van der Waals surface area (Å²) in [7, 11) is -3.61. The second kappa shape index (κ2) is 8.86. The van der Waals surface area contributed by atoms with E-state index in [1.807, 2.05) is 32.9 Å². The number of aryl methyl sites for hydroxylation is 2. The summed E-state index contributed by atoms with van der Waals surface area (Å²) in [6, 6.07) is 10.3. The van der Waals surface area contributed by atoms with Crippen molar-refractivity contribution in [1.82, 2.24) is 9.62 Å². The average Bonchev–Trinajstić information content (AvgIpc) is 3.22. The number of hydrogen-bond acceptors (Lipinski definition) is 3.